The van der Waals surface area contributed by atoms with E-state index in [1.165, 1.54) is 23.1 Å². The summed E-state index contributed by atoms with van der Waals surface area (Å²) in [5, 5.41) is 14.3. The highest BCUT2D eigenvalue weighted by Crippen LogP contribution is 2.19. The summed E-state index contributed by atoms with van der Waals surface area (Å²) < 4.78 is 27.8. The average molecular weight is 273 g/mol. The van der Waals surface area contributed by atoms with Crippen molar-refractivity contribution < 1.29 is 13.5 Å². The highest BCUT2D eigenvalue weighted by Gasteiger charge is 2.15. The number of aliphatic hydroxyl groups is 1. The molecule has 0 fully saturated rings. The van der Waals surface area contributed by atoms with Gasteiger partial charge < -0.3 is 5.11 Å². The maximum Gasteiger partial charge on any atom is 0.271 e. The first-order valence-corrected chi connectivity index (χ1v) is 7.18. The zero-order valence-corrected chi connectivity index (χ0v) is 10.4. The first-order valence-electron chi connectivity index (χ1n) is 4.81. The molecule has 8 heteroatoms. The summed E-state index contributed by atoms with van der Waals surface area (Å²) in [6, 6.07) is 3.21. The minimum absolute atomic E-state index is 0.0429. The van der Waals surface area contributed by atoms with Crippen molar-refractivity contribution in [3.63, 3.8) is 0 Å². The van der Waals surface area contributed by atoms with Gasteiger partial charge in [0.05, 0.1) is 25.0 Å². The molecule has 2 aromatic rings. The maximum atomic E-state index is 11.8. The van der Waals surface area contributed by atoms with Gasteiger partial charge in [-0.2, -0.15) is 5.10 Å². The number of hydrogen-bond donors (Lipinski definition) is 2. The number of nitrogens with one attached hydrogen (secondary N) is 1. The van der Waals surface area contributed by atoms with Crippen molar-refractivity contribution >= 4 is 27.0 Å². The average Bonchev–Trinajstić information content (AvgIpc) is 2.88. The molecule has 2 aromatic heterocycles. The summed E-state index contributed by atoms with van der Waals surface area (Å²) >= 11 is 1.15. The van der Waals surface area contributed by atoms with Crippen LogP contribution in [0.5, 0.6) is 0 Å². The topological polar surface area (TPSA) is 84.2 Å². The molecule has 2 heterocycles. The van der Waals surface area contributed by atoms with Crippen LogP contribution in [0.2, 0.25) is 0 Å². The molecule has 0 unspecified atom stereocenters. The lowest BCUT2D eigenvalue weighted by Crippen LogP contribution is -2.10. The molecule has 0 bridgehead atoms. The van der Waals surface area contributed by atoms with E-state index >= 15 is 0 Å². The second-order valence-corrected chi connectivity index (χ2v) is 6.11. The molecule has 0 saturated heterocycles. The van der Waals surface area contributed by atoms with E-state index < -0.39 is 10.0 Å². The third kappa shape index (κ3) is 2.84. The number of hydrogen-bond acceptors (Lipinski definition) is 5. The molecule has 0 amide bonds. The Morgan fingerprint density at radius 2 is 2.35 bits per heavy atom. The summed E-state index contributed by atoms with van der Waals surface area (Å²) in [7, 11) is -3.52. The Balaban J connectivity index is 2.15. The molecule has 0 saturated carbocycles. The lowest BCUT2D eigenvalue weighted by atomic mass is 10.6. The van der Waals surface area contributed by atoms with Gasteiger partial charge >= 0.3 is 0 Å². The Bertz CT molecular complexity index is 574. The van der Waals surface area contributed by atoms with Gasteiger partial charge in [-0.1, -0.05) is 6.07 Å². The van der Waals surface area contributed by atoms with Crippen molar-refractivity contribution in [2.24, 2.45) is 0 Å². The van der Waals surface area contributed by atoms with Crippen molar-refractivity contribution in [1.82, 2.24) is 9.78 Å². The highest BCUT2D eigenvalue weighted by molar-refractivity contribution is 7.94. The largest absolute Gasteiger partial charge is 0.394 e. The third-order valence-corrected chi connectivity index (χ3v) is 4.75. The number of rotatable bonds is 5. The van der Waals surface area contributed by atoms with E-state index in [2.05, 4.69) is 9.82 Å². The Hall–Kier alpha value is -1.38. The lowest BCUT2D eigenvalue weighted by molar-refractivity contribution is 0.269. The van der Waals surface area contributed by atoms with Gasteiger partial charge in [-0.3, -0.25) is 9.40 Å². The van der Waals surface area contributed by atoms with Crippen LogP contribution in [0.1, 0.15) is 0 Å². The number of nitrogens with zero attached hydrogens (tertiary/aromatic N) is 2. The molecule has 0 aliphatic carbocycles. The van der Waals surface area contributed by atoms with Crippen molar-refractivity contribution in [1.29, 1.82) is 0 Å². The summed E-state index contributed by atoms with van der Waals surface area (Å²) in [6.45, 7) is 0.291. The number of aliphatic hydroxyl groups excluding tert-OH is 1. The molecular weight excluding hydrogens is 262 g/mol. The highest BCUT2D eigenvalue weighted by atomic mass is 32.2. The fraction of sp³-hybridized carbons (Fsp3) is 0.222. The molecule has 0 spiro atoms. The van der Waals surface area contributed by atoms with E-state index in [0.717, 1.165) is 11.3 Å². The summed E-state index contributed by atoms with van der Waals surface area (Å²) in [6.07, 6.45) is 2.93. The Kier molecular flexibility index (Phi) is 3.46. The maximum absolute atomic E-state index is 11.8. The van der Waals surface area contributed by atoms with Crippen LogP contribution in [-0.4, -0.2) is 29.9 Å². The standard InChI is InChI=1S/C9H11N3O3S2/c13-4-3-12-7-8(6-10-12)11-17(14,15)9-2-1-5-16-9/h1-2,5-7,11,13H,3-4H2. The second-order valence-electron chi connectivity index (χ2n) is 3.25. The second kappa shape index (κ2) is 4.86. The van der Waals surface area contributed by atoms with Gasteiger partial charge in [0.1, 0.15) is 4.21 Å². The SMILES string of the molecule is O=S(=O)(Nc1cnn(CCO)c1)c1cccs1. The van der Waals surface area contributed by atoms with Gasteiger partial charge in [-0.25, -0.2) is 8.42 Å². The van der Waals surface area contributed by atoms with E-state index in [1.807, 2.05) is 0 Å². The van der Waals surface area contributed by atoms with Crippen LogP contribution in [0.4, 0.5) is 5.69 Å². The molecule has 0 radical (unpaired) electrons. The normalized spacial score (nSPS) is 11.6. The van der Waals surface area contributed by atoms with Crippen molar-refractivity contribution in [3.8, 4) is 0 Å². The number of sulfonamides is 1. The summed E-state index contributed by atoms with van der Waals surface area (Å²) in [5.41, 5.74) is 0.381. The van der Waals surface area contributed by atoms with Gasteiger partial charge in [-0.05, 0) is 11.4 Å². The first-order chi connectivity index (χ1) is 8.12. The molecule has 17 heavy (non-hydrogen) atoms. The van der Waals surface area contributed by atoms with E-state index in [4.69, 9.17) is 5.11 Å². The van der Waals surface area contributed by atoms with Crippen LogP contribution < -0.4 is 4.72 Å². The van der Waals surface area contributed by atoms with E-state index in [-0.39, 0.29) is 10.8 Å². The van der Waals surface area contributed by atoms with Crippen LogP contribution in [0, 0.1) is 0 Å². The molecule has 92 valence electrons. The van der Waals surface area contributed by atoms with Crippen LogP contribution in [-0.2, 0) is 16.6 Å². The van der Waals surface area contributed by atoms with Crippen molar-refractivity contribution in [2.75, 3.05) is 11.3 Å². The zero-order chi connectivity index (χ0) is 12.3. The third-order valence-electron chi connectivity index (χ3n) is 1.97. The van der Waals surface area contributed by atoms with Crippen molar-refractivity contribution in [2.45, 2.75) is 10.8 Å². The van der Waals surface area contributed by atoms with Crippen molar-refractivity contribution in [3.05, 3.63) is 29.9 Å². The Morgan fingerprint density at radius 3 is 3.00 bits per heavy atom. The summed E-state index contributed by atoms with van der Waals surface area (Å²) in [5.74, 6) is 0. The number of aromatic nitrogens is 2. The quantitative estimate of drug-likeness (QED) is 0.841. The van der Waals surface area contributed by atoms with Gasteiger partial charge in [-0.15, -0.1) is 11.3 Å². The van der Waals surface area contributed by atoms with Crippen LogP contribution >= 0.6 is 11.3 Å². The van der Waals surface area contributed by atoms with Crippen LogP contribution in [0.3, 0.4) is 0 Å². The van der Waals surface area contributed by atoms with E-state index in [1.54, 1.807) is 11.4 Å². The molecule has 2 rings (SSSR count). The van der Waals surface area contributed by atoms with Crippen LogP contribution in [0.15, 0.2) is 34.1 Å². The molecule has 0 aliphatic heterocycles. The van der Waals surface area contributed by atoms with Gasteiger partial charge in [0.2, 0.25) is 0 Å². The predicted molar refractivity (Wildman–Crippen MR) is 64.4 cm³/mol. The molecule has 2 N–H and O–H groups in total. The van der Waals surface area contributed by atoms with E-state index in [9.17, 15) is 8.42 Å². The first kappa shape index (κ1) is 12.1. The molecule has 0 aliphatic rings. The van der Waals surface area contributed by atoms with Gasteiger partial charge in [0.25, 0.3) is 10.0 Å². The minimum atomic E-state index is -3.52. The minimum Gasteiger partial charge on any atom is -0.394 e. The van der Waals surface area contributed by atoms with Gasteiger partial charge in [0.15, 0.2) is 0 Å². The lowest BCUT2D eigenvalue weighted by Gasteiger charge is -2.02. The molecule has 0 atom stereocenters. The summed E-state index contributed by atoms with van der Waals surface area (Å²) in [4.78, 5) is 0. The smallest absolute Gasteiger partial charge is 0.271 e. The number of anilines is 1. The molecular formula is C9H11N3O3S2. The Labute approximate surface area is 103 Å². The molecule has 0 aromatic carbocycles. The fourth-order valence-corrected chi connectivity index (χ4v) is 3.28. The van der Waals surface area contributed by atoms with Gasteiger partial charge in [0, 0.05) is 6.20 Å². The van der Waals surface area contributed by atoms with Crippen LogP contribution in [0.25, 0.3) is 0 Å². The predicted octanol–water partition coefficient (Wildman–Crippen LogP) is 0.738. The zero-order valence-electron chi connectivity index (χ0n) is 8.78. The fourth-order valence-electron chi connectivity index (χ4n) is 1.26. The van der Waals surface area contributed by atoms with E-state index in [0.29, 0.717) is 12.2 Å². The molecule has 6 nitrogen and oxygen atoms in total. The Morgan fingerprint density at radius 1 is 1.53 bits per heavy atom. The monoisotopic (exact) mass is 273 g/mol. The number of thiophene rings is 1.